The van der Waals surface area contributed by atoms with Crippen molar-refractivity contribution in [3.8, 4) is 0 Å². The van der Waals surface area contributed by atoms with Crippen molar-refractivity contribution in [2.24, 2.45) is 0 Å². The van der Waals surface area contributed by atoms with Gasteiger partial charge in [-0.2, -0.15) is 0 Å². The number of thioether (sulfide) groups is 1. The fourth-order valence-electron chi connectivity index (χ4n) is 1.51. The van der Waals surface area contributed by atoms with Gasteiger partial charge in [0.2, 0.25) is 0 Å². The van der Waals surface area contributed by atoms with Gasteiger partial charge in [0.05, 0.1) is 6.61 Å². The van der Waals surface area contributed by atoms with Crippen molar-refractivity contribution in [2.45, 2.75) is 42.4 Å². The molecule has 1 saturated carbocycles. The third kappa shape index (κ3) is 3.95. The lowest BCUT2D eigenvalue weighted by molar-refractivity contribution is 0.0405. The van der Waals surface area contributed by atoms with Crippen molar-refractivity contribution in [3.63, 3.8) is 0 Å². The molecule has 1 aromatic carbocycles. The van der Waals surface area contributed by atoms with Crippen LogP contribution in [0.5, 0.6) is 0 Å². The van der Waals surface area contributed by atoms with Gasteiger partial charge >= 0.3 is 6.16 Å². The van der Waals surface area contributed by atoms with E-state index < -0.39 is 6.16 Å². The zero-order valence-electron chi connectivity index (χ0n) is 10.6. The highest BCUT2D eigenvalue weighted by atomic mass is 32.2. The second-order valence-corrected chi connectivity index (χ2v) is 5.80. The van der Waals surface area contributed by atoms with E-state index in [4.69, 9.17) is 9.47 Å². The van der Waals surface area contributed by atoms with E-state index in [1.165, 1.54) is 0 Å². The summed E-state index contributed by atoms with van der Waals surface area (Å²) in [6.07, 6.45) is 3.15. The monoisotopic (exact) mass is 266 g/mol. The first kappa shape index (κ1) is 13.3. The maximum Gasteiger partial charge on any atom is 0.509 e. The van der Waals surface area contributed by atoms with E-state index in [-0.39, 0.29) is 4.93 Å². The normalized spacial score (nSPS) is 16.1. The highest BCUT2D eigenvalue weighted by Gasteiger charge is 2.48. The molecule has 0 heterocycles. The number of carbonyl (C=O) groups is 1. The summed E-state index contributed by atoms with van der Waals surface area (Å²) >= 11 is 1.60. The Morgan fingerprint density at radius 2 is 2.06 bits per heavy atom. The summed E-state index contributed by atoms with van der Waals surface area (Å²) in [6, 6.07) is 9.99. The van der Waals surface area contributed by atoms with E-state index in [2.05, 4.69) is 6.92 Å². The van der Waals surface area contributed by atoms with Crippen molar-refractivity contribution in [3.05, 3.63) is 30.3 Å². The third-order valence-corrected chi connectivity index (χ3v) is 4.06. The Kier molecular flexibility index (Phi) is 4.53. The number of carbonyl (C=O) groups excluding carboxylic acids is 1. The lowest BCUT2D eigenvalue weighted by atomic mass is 10.4. The van der Waals surface area contributed by atoms with Crippen LogP contribution in [0.1, 0.15) is 32.6 Å². The molecule has 0 unspecified atom stereocenters. The van der Waals surface area contributed by atoms with Gasteiger partial charge < -0.3 is 9.47 Å². The molecule has 0 aromatic heterocycles. The molecule has 1 aliphatic carbocycles. The summed E-state index contributed by atoms with van der Waals surface area (Å²) in [7, 11) is 0. The number of rotatable bonds is 6. The average Bonchev–Trinajstić information content (AvgIpc) is 3.10. The predicted octanol–water partition coefficient (Wildman–Crippen LogP) is 4.22. The molecule has 0 aliphatic heterocycles. The molecule has 0 amide bonds. The molecule has 0 radical (unpaired) electrons. The van der Waals surface area contributed by atoms with E-state index in [0.29, 0.717) is 6.61 Å². The van der Waals surface area contributed by atoms with Crippen molar-refractivity contribution in [1.82, 2.24) is 0 Å². The maximum atomic E-state index is 11.5. The average molecular weight is 266 g/mol. The van der Waals surface area contributed by atoms with Crippen molar-refractivity contribution >= 4 is 17.9 Å². The van der Waals surface area contributed by atoms with Crippen LogP contribution in [0.4, 0.5) is 4.79 Å². The third-order valence-electron chi connectivity index (χ3n) is 2.69. The van der Waals surface area contributed by atoms with Gasteiger partial charge in [0, 0.05) is 17.7 Å². The van der Waals surface area contributed by atoms with Crippen molar-refractivity contribution in [2.75, 3.05) is 6.61 Å². The highest BCUT2D eigenvalue weighted by molar-refractivity contribution is 8.00. The largest absolute Gasteiger partial charge is 0.509 e. The van der Waals surface area contributed by atoms with E-state index in [1.54, 1.807) is 11.8 Å². The lowest BCUT2D eigenvalue weighted by Gasteiger charge is -2.15. The van der Waals surface area contributed by atoms with Crippen LogP contribution in [0.25, 0.3) is 0 Å². The van der Waals surface area contributed by atoms with Gasteiger partial charge in [0.15, 0.2) is 4.93 Å². The summed E-state index contributed by atoms with van der Waals surface area (Å²) in [5.41, 5.74) is 0. The molecule has 0 N–H and O–H groups in total. The first-order valence-corrected chi connectivity index (χ1v) is 7.15. The zero-order valence-corrected chi connectivity index (χ0v) is 11.4. The molecular formula is C14H18O3S. The van der Waals surface area contributed by atoms with Crippen LogP contribution in [0.2, 0.25) is 0 Å². The molecule has 0 bridgehead atoms. The Balaban J connectivity index is 1.79. The molecule has 4 heteroatoms. The molecule has 0 atom stereocenters. The first-order valence-electron chi connectivity index (χ1n) is 6.34. The predicted molar refractivity (Wildman–Crippen MR) is 71.6 cm³/mol. The molecular weight excluding hydrogens is 248 g/mol. The van der Waals surface area contributed by atoms with E-state index >= 15 is 0 Å². The molecule has 1 aromatic rings. The fourth-order valence-corrected chi connectivity index (χ4v) is 2.65. The second kappa shape index (κ2) is 6.14. The van der Waals surface area contributed by atoms with Gasteiger partial charge in [-0.05, 0) is 18.6 Å². The zero-order chi connectivity index (χ0) is 12.8. The van der Waals surface area contributed by atoms with Gasteiger partial charge in [-0.25, -0.2) is 4.79 Å². The van der Waals surface area contributed by atoms with Gasteiger partial charge in [0.1, 0.15) is 0 Å². The number of unbranched alkanes of at least 4 members (excludes halogenated alkanes) is 1. The molecule has 18 heavy (non-hydrogen) atoms. The topological polar surface area (TPSA) is 35.5 Å². The summed E-state index contributed by atoms with van der Waals surface area (Å²) in [5, 5.41) is 0. The van der Waals surface area contributed by atoms with Crippen LogP contribution in [0, 0.1) is 0 Å². The Labute approximate surface area is 112 Å². The standard InChI is InChI=1S/C14H18O3S/c1-2-3-11-16-13(15)17-14(9-10-14)18-12-7-5-4-6-8-12/h4-8H,2-3,9-11H2,1H3. The van der Waals surface area contributed by atoms with Gasteiger partial charge in [0.25, 0.3) is 0 Å². The van der Waals surface area contributed by atoms with Gasteiger partial charge in [-0.1, -0.05) is 43.3 Å². The van der Waals surface area contributed by atoms with E-state index in [0.717, 1.165) is 30.6 Å². The summed E-state index contributed by atoms with van der Waals surface area (Å²) < 4.78 is 10.4. The lowest BCUT2D eigenvalue weighted by Crippen LogP contribution is -2.17. The van der Waals surface area contributed by atoms with Crippen molar-refractivity contribution < 1.29 is 14.3 Å². The minimum absolute atomic E-state index is 0.384. The van der Waals surface area contributed by atoms with Crippen LogP contribution in [0.15, 0.2) is 35.2 Å². The molecule has 1 fully saturated rings. The maximum absolute atomic E-state index is 11.5. The van der Waals surface area contributed by atoms with Crippen LogP contribution in [-0.4, -0.2) is 17.7 Å². The van der Waals surface area contributed by atoms with Crippen LogP contribution in [0.3, 0.4) is 0 Å². The number of hydrogen-bond acceptors (Lipinski definition) is 4. The fraction of sp³-hybridized carbons (Fsp3) is 0.500. The summed E-state index contributed by atoms with van der Waals surface area (Å²) in [4.78, 5) is 12.2. The van der Waals surface area contributed by atoms with Crippen LogP contribution >= 0.6 is 11.8 Å². The van der Waals surface area contributed by atoms with Crippen LogP contribution in [-0.2, 0) is 9.47 Å². The minimum Gasteiger partial charge on any atom is -0.434 e. The second-order valence-electron chi connectivity index (χ2n) is 4.38. The Morgan fingerprint density at radius 1 is 1.33 bits per heavy atom. The van der Waals surface area contributed by atoms with E-state index in [9.17, 15) is 4.79 Å². The molecule has 2 rings (SSSR count). The number of hydrogen-bond donors (Lipinski definition) is 0. The SMILES string of the molecule is CCCCOC(=O)OC1(Sc2ccccc2)CC1. The van der Waals surface area contributed by atoms with Crippen LogP contribution < -0.4 is 0 Å². The molecule has 0 spiro atoms. The number of benzene rings is 1. The Bertz CT molecular complexity index is 387. The molecule has 0 saturated heterocycles. The summed E-state index contributed by atoms with van der Waals surface area (Å²) in [6.45, 7) is 2.50. The molecule has 98 valence electrons. The molecule has 1 aliphatic rings. The first-order chi connectivity index (χ1) is 8.74. The van der Waals surface area contributed by atoms with E-state index in [1.807, 2.05) is 30.3 Å². The van der Waals surface area contributed by atoms with Gasteiger partial charge in [-0.3, -0.25) is 0 Å². The Morgan fingerprint density at radius 3 is 2.67 bits per heavy atom. The minimum atomic E-state index is -0.538. The quantitative estimate of drug-likeness (QED) is 0.438. The Hall–Kier alpha value is -1.16. The number of ether oxygens (including phenoxy) is 2. The van der Waals surface area contributed by atoms with Crippen molar-refractivity contribution in [1.29, 1.82) is 0 Å². The molecule has 3 nitrogen and oxygen atoms in total. The smallest absolute Gasteiger partial charge is 0.434 e. The highest BCUT2D eigenvalue weighted by Crippen LogP contribution is 2.52. The summed E-state index contributed by atoms with van der Waals surface area (Å²) in [5.74, 6) is 0. The van der Waals surface area contributed by atoms with Gasteiger partial charge in [-0.15, -0.1) is 0 Å².